The number of ether oxygens (including phenoxy) is 1. The van der Waals surface area contributed by atoms with E-state index in [0.29, 0.717) is 10.8 Å². The van der Waals surface area contributed by atoms with Crippen LogP contribution in [0.15, 0.2) is 42.5 Å². The highest BCUT2D eigenvalue weighted by molar-refractivity contribution is 6.35. The van der Waals surface area contributed by atoms with E-state index in [1.54, 1.807) is 12.1 Å². The fraction of sp³-hybridized carbons (Fsp3) is 0.259. The highest BCUT2D eigenvalue weighted by Crippen LogP contribution is 2.44. The van der Waals surface area contributed by atoms with E-state index in [1.807, 2.05) is 0 Å². The van der Waals surface area contributed by atoms with Crippen molar-refractivity contribution in [3.63, 3.8) is 0 Å². The molecule has 0 saturated heterocycles. The second kappa shape index (κ2) is 6.80. The number of anilines is 1. The number of hydrogen-bond acceptors (Lipinski definition) is 3. The van der Waals surface area contributed by atoms with Crippen molar-refractivity contribution in [2.24, 2.45) is 0 Å². The minimum absolute atomic E-state index is 0.0191. The van der Waals surface area contributed by atoms with Gasteiger partial charge in [-0.15, -0.1) is 0 Å². The van der Waals surface area contributed by atoms with Crippen LogP contribution in [0.25, 0.3) is 22.5 Å². The maximum absolute atomic E-state index is 10.3. The van der Waals surface area contributed by atoms with Gasteiger partial charge < -0.3 is 15.2 Å². The van der Waals surface area contributed by atoms with Crippen molar-refractivity contribution in [1.29, 1.82) is 0 Å². The van der Waals surface area contributed by atoms with Crippen molar-refractivity contribution in [2.45, 2.75) is 46.6 Å². The first-order valence-corrected chi connectivity index (χ1v) is 11.0. The van der Waals surface area contributed by atoms with Crippen molar-refractivity contribution in [2.75, 3.05) is 5.32 Å². The number of nitrogens with one attached hydrogen (secondary N) is 1. The summed E-state index contributed by atoms with van der Waals surface area (Å²) < 4.78 is 6.54. The molecule has 0 radical (unpaired) electrons. The lowest BCUT2D eigenvalue weighted by molar-refractivity contribution is 0.470. The van der Waals surface area contributed by atoms with Crippen LogP contribution >= 0.6 is 11.6 Å². The molecule has 0 spiro atoms. The van der Waals surface area contributed by atoms with E-state index < -0.39 is 0 Å². The normalized spacial score (nSPS) is 16.1. The Bertz CT molecular complexity index is 1370. The molecule has 0 unspecified atom stereocenters. The molecule has 3 nitrogen and oxygen atoms in total. The summed E-state index contributed by atoms with van der Waals surface area (Å²) >= 11 is 6.59. The summed E-state index contributed by atoms with van der Waals surface area (Å²) in [6.45, 7) is 10.8. The Morgan fingerprint density at radius 1 is 0.968 bits per heavy atom. The summed E-state index contributed by atoms with van der Waals surface area (Å²) in [6.07, 6.45) is 0.928. The summed E-state index contributed by atoms with van der Waals surface area (Å²) in [7, 11) is 0. The molecular formula is C27H26ClNO2. The number of hydrogen-bond donors (Lipinski definition) is 2. The van der Waals surface area contributed by atoms with E-state index in [1.165, 1.54) is 16.7 Å². The monoisotopic (exact) mass is 431 g/mol. The SMILES string of the molecule is CC1=c2c(ccc3c2=C(c2cc(C)cc(C)c2)Oc2ccc(O)c(Cl)c2-3)NC(C)(C)C1. The second-order valence-corrected chi connectivity index (χ2v) is 9.83. The standard InChI is InChI=1S/C27H26ClNO2/c1-14-10-15(2)12-17(11-14)26-24-18(23-21(31-26)9-8-20(30)25(23)28)6-7-19-22(24)16(3)13-27(4,5)29-19/h6-12,29-30H,13H2,1-5H3. The lowest BCUT2D eigenvalue weighted by atomic mass is 9.86. The van der Waals surface area contributed by atoms with Gasteiger partial charge in [0, 0.05) is 32.8 Å². The van der Waals surface area contributed by atoms with Crippen LogP contribution in [0.4, 0.5) is 5.69 Å². The zero-order valence-corrected chi connectivity index (χ0v) is 19.2. The highest BCUT2D eigenvalue weighted by atomic mass is 35.5. The van der Waals surface area contributed by atoms with Crippen LogP contribution in [0.3, 0.4) is 0 Å². The first kappa shape index (κ1) is 20.0. The molecule has 0 amide bonds. The van der Waals surface area contributed by atoms with Gasteiger partial charge in [0.15, 0.2) is 0 Å². The van der Waals surface area contributed by atoms with Crippen molar-refractivity contribution in [1.82, 2.24) is 0 Å². The first-order valence-electron chi connectivity index (χ1n) is 10.6. The molecule has 2 heterocycles. The summed E-state index contributed by atoms with van der Waals surface area (Å²) in [5, 5.41) is 16.5. The molecular weight excluding hydrogens is 406 g/mol. The van der Waals surface area contributed by atoms with Gasteiger partial charge in [0.1, 0.15) is 17.3 Å². The molecule has 3 aromatic carbocycles. The molecule has 0 bridgehead atoms. The van der Waals surface area contributed by atoms with Gasteiger partial charge in [-0.1, -0.05) is 40.4 Å². The predicted octanol–water partition coefficient (Wildman–Crippen LogP) is 5.64. The van der Waals surface area contributed by atoms with E-state index in [-0.39, 0.29) is 11.3 Å². The molecule has 5 rings (SSSR count). The number of rotatable bonds is 1. The van der Waals surface area contributed by atoms with Gasteiger partial charge in [-0.3, -0.25) is 0 Å². The van der Waals surface area contributed by atoms with Crippen LogP contribution in [0.1, 0.15) is 43.9 Å². The van der Waals surface area contributed by atoms with Crippen LogP contribution in [-0.2, 0) is 0 Å². The maximum Gasteiger partial charge on any atom is 0.143 e. The van der Waals surface area contributed by atoms with Gasteiger partial charge in [0.2, 0.25) is 0 Å². The average molecular weight is 432 g/mol. The number of phenols is 1. The van der Waals surface area contributed by atoms with Crippen molar-refractivity contribution >= 4 is 28.6 Å². The van der Waals surface area contributed by atoms with Gasteiger partial charge in [-0.2, -0.15) is 0 Å². The van der Waals surface area contributed by atoms with Gasteiger partial charge in [0.05, 0.1) is 5.02 Å². The zero-order chi connectivity index (χ0) is 22.1. The Balaban J connectivity index is 1.98. The fourth-order valence-corrected chi connectivity index (χ4v) is 5.37. The quantitative estimate of drug-likeness (QED) is 0.523. The molecule has 0 fully saturated rings. The minimum atomic E-state index is -0.0191. The van der Waals surface area contributed by atoms with Crippen molar-refractivity contribution < 1.29 is 9.84 Å². The van der Waals surface area contributed by atoms with Crippen molar-refractivity contribution in [3.8, 4) is 22.6 Å². The molecule has 158 valence electrons. The molecule has 0 saturated carbocycles. The lowest BCUT2D eigenvalue weighted by Crippen LogP contribution is -2.45. The second-order valence-electron chi connectivity index (χ2n) is 9.46. The Kier molecular flexibility index (Phi) is 4.39. The molecule has 3 aromatic rings. The molecule has 0 aromatic heterocycles. The molecule has 0 aliphatic carbocycles. The predicted molar refractivity (Wildman–Crippen MR) is 128 cm³/mol. The van der Waals surface area contributed by atoms with Gasteiger partial charge >= 0.3 is 0 Å². The van der Waals surface area contributed by atoms with Crippen LogP contribution in [0, 0.1) is 13.8 Å². The summed E-state index contributed by atoms with van der Waals surface area (Å²) in [4.78, 5) is 0. The van der Waals surface area contributed by atoms with Crippen LogP contribution in [0.5, 0.6) is 11.5 Å². The van der Waals surface area contributed by atoms with E-state index >= 15 is 0 Å². The van der Waals surface area contributed by atoms with E-state index in [0.717, 1.165) is 45.0 Å². The third-order valence-corrected chi connectivity index (χ3v) is 6.47. The minimum Gasteiger partial charge on any atom is -0.506 e. The zero-order valence-electron chi connectivity index (χ0n) is 18.5. The van der Waals surface area contributed by atoms with Crippen LogP contribution in [-0.4, -0.2) is 10.6 Å². The number of phenolic OH excluding ortho intramolecular Hbond substituents is 1. The Labute approximate surface area is 187 Å². The lowest BCUT2D eigenvalue weighted by Gasteiger charge is -2.34. The Hall–Kier alpha value is -2.91. The number of aromatic hydroxyl groups is 1. The van der Waals surface area contributed by atoms with Crippen LogP contribution < -0.4 is 20.5 Å². The Morgan fingerprint density at radius 2 is 1.68 bits per heavy atom. The number of benzene rings is 3. The Morgan fingerprint density at radius 3 is 2.39 bits per heavy atom. The summed E-state index contributed by atoms with van der Waals surface area (Å²) in [5.74, 6) is 1.54. The molecule has 0 atom stereocenters. The highest BCUT2D eigenvalue weighted by Gasteiger charge is 2.29. The molecule has 2 aliphatic heterocycles. The third kappa shape index (κ3) is 3.19. The third-order valence-electron chi connectivity index (χ3n) is 6.09. The topological polar surface area (TPSA) is 41.5 Å². The van der Waals surface area contributed by atoms with Gasteiger partial charge in [0.25, 0.3) is 0 Å². The average Bonchev–Trinajstić information content (AvgIpc) is 2.67. The summed E-state index contributed by atoms with van der Waals surface area (Å²) in [5.41, 5.74) is 7.52. The molecule has 31 heavy (non-hydrogen) atoms. The van der Waals surface area contributed by atoms with E-state index in [4.69, 9.17) is 16.3 Å². The number of aryl methyl sites for hydroxylation is 2. The summed E-state index contributed by atoms with van der Waals surface area (Å²) in [6, 6.07) is 14.1. The maximum atomic E-state index is 10.3. The molecule has 2 N–H and O–H groups in total. The van der Waals surface area contributed by atoms with Crippen LogP contribution in [0.2, 0.25) is 5.02 Å². The van der Waals surface area contributed by atoms with Crippen molar-refractivity contribution in [3.05, 3.63) is 74.6 Å². The molecule has 2 aliphatic rings. The number of fused-ring (bicyclic) bond motifs is 5. The molecule has 4 heteroatoms. The largest absolute Gasteiger partial charge is 0.506 e. The van der Waals surface area contributed by atoms with Gasteiger partial charge in [-0.05, 0) is 76.9 Å². The fourth-order valence-electron chi connectivity index (χ4n) is 5.11. The smallest absolute Gasteiger partial charge is 0.143 e. The van der Waals surface area contributed by atoms with E-state index in [9.17, 15) is 5.11 Å². The first-order chi connectivity index (χ1) is 14.6. The number of halogens is 1. The van der Waals surface area contributed by atoms with Gasteiger partial charge in [-0.25, -0.2) is 0 Å². The van der Waals surface area contributed by atoms with E-state index in [2.05, 4.69) is 70.3 Å².